The normalized spacial score (nSPS) is 11.9. The first-order chi connectivity index (χ1) is 14.0. The number of ether oxygens (including phenoxy) is 2. The molecular weight excluding hydrogens is 378 g/mol. The molecule has 5 heteroatoms. The molecule has 0 saturated heterocycles. The molecule has 2 aromatic rings. The van der Waals surface area contributed by atoms with Crippen molar-refractivity contribution >= 4 is 17.6 Å². The van der Waals surface area contributed by atoms with Crippen LogP contribution in [0.4, 0.5) is 5.69 Å². The van der Waals surface area contributed by atoms with Crippen LogP contribution in [0.2, 0.25) is 0 Å². The van der Waals surface area contributed by atoms with Crippen molar-refractivity contribution in [2.24, 2.45) is 5.41 Å². The zero-order chi connectivity index (χ0) is 22.4. The zero-order valence-electron chi connectivity index (χ0n) is 18.6. The summed E-state index contributed by atoms with van der Waals surface area (Å²) in [5, 5.41) is 2.68. The second kappa shape index (κ2) is 9.61. The molecule has 5 nitrogen and oxygen atoms in total. The van der Waals surface area contributed by atoms with Crippen LogP contribution in [0.25, 0.3) is 0 Å². The Hall–Kier alpha value is -3.08. The van der Waals surface area contributed by atoms with Gasteiger partial charge in [0, 0.05) is 11.8 Å². The third-order valence-electron chi connectivity index (χ3n) is 4.58. The van der Waals surface area contributed by atoms with Crippen LogP contribution < -0.4 is 10.1 Å². The number of carbonyl (C=O) groups is 2. The van der Waals surface area contributed by atoms with Gasteiger partial charge in [-0.1, -0.05) is 52.8 Å². The fourth-order valence-corrected chi connectivity index (χ4v) is 3.61. The molecule has 0 aromatic heterocycles. The molecule has 0 unspecified atom stereocenters. The second-order valence-corrected chi connectivity index (χ2v) is 9.13. The molecule has 160 valence electrons. The van der Waals surface area contributed by atoms with Crippen LogP contribution in [0.1, 0.15) is 57.0 Å². The van der Waals surface area contributed by atoms with Gasteiger partial charge in [-0.25, -0.2) is 4.79 Å². The lowest BCUT2D eigenvalue weighted by atomic mass is 9.72. The van der Waals surface area contributed by atoms with Crippen molar-refractivity contribution in [1.29, 1.82) is 0 Å². The number of anilines is 1. The highest BCUT2D eigenvalue weighted by atomic mass is 16.5. The largest absolute Gasteiger partial charge is 0.465 e. The monoisotopic (exact) mass is 409 g/mol. The molecule has 2 rings (SSSR count). The number of hydrogen-bond acceptors (Lipinski definition) is 4. The number of carbonyl (C=O) groups excluding carboxylic acids is 2. The van der Waals surface area contributed by atoms with Gasteiger partial charge in [0.25, 0.3) is 5.91 Å². The maximum absolute atomic E-state index is 12.1. The van der Waals surface area contributed by atoms with E-state index in [0.29, 0.717) is 17.0 Å². The van der Waals surface area contributed by atoms with Crippen molar-refractivity contribution in [3.05, 3.63) is 72.0 Å². The summed E-state index contributed by atoms with van der Waals surface area (Å²) in [5.74, 6) is -0.166. The third-order valence-corrected chi connectivity index (χ3v) is 4.58. The molecule has 30 heavy (non-hydrogen) atoms. The summed E-state index contributed by atoms with van der Waals surface area (Å²) >= 11 is 0. The quantitative estimate of drug-likeness (QED) is 0.361. The Labute approximate surface area is 179 Å². The van der Waals surface area contributed by atoms with Gasteiger partial charge in [0.2, 0.25) is 0 Å². The van der Waals surface area contributed by atoms with E-state index in [-0.39, 0.29) is 16.7 Å². The Bertz CT molecular complexity index is 905. The second-order valence-electron chi connectivity index (χ2n) is 9.13. The van der Waals surface area contributed by atoms with E-state index >= 15 is 0 Å². The van der Waals surface area contributed by atoms with Crippen molar-refractivity contribution in [2.75, 3.05) is 12.4 Å². The van der Waals surface area contributed by atoms with Crippen LogP contribution >= 0.6 is 0 Å². The Morgan fingerprint density at radius 1 is 1.00 bits per heavy atom. The van der Waals surface area contributed by atoms with Crippen LogP contribution in [0.5, 0.6) is 5.75 Å². The summed E-state index contributed by atoms with van der Waals surface area (Å²) in [7, 11) is 1.31. The Morgan fingerprint density at radius 2 is 1.67 bits per heavy atom. The van der Waals surface area contributed by atoms with E-state index in [1.54, 1.807) is 24.3 Å². The number of nitrogens with one attached hydrogen (secondary N) is 1. The molecule has 0 saturated carbocycles. The van der Waals surface area contributed by atoms with Crippen molar-refractivity contribution in [3.63, 3.8) is 0 Å². The molecule has 0 fully saturated rings. The molecule has 1 N–H and O–H groups in total. The Kier molecular flexibility index (Phi) is 7.43. The van der Waals surface area contributed by atoms with Gasteiger partial charge in [0.1, 0.15) is 5.75 Å². The standard InChI is InChI=1S/C25H31NO4/c1-24(2,3)17-25(4,5)19-10-12-21(13-11-19)30-15-14-22(27)26-20-9-7-8-18(16-20)23(28)29-6/h7-16H,17H2,1-6H3,(H,26,27). The molecular formula is C25H31NO4. The lowest BCUT2D eigenvalue weighted by Gasteiger charge is -2.33. The van der Waals surface area contributed by atoms with Gasteiger partial charge in [-0.15, -0.1) is 0 Å². The average Bonchev–Trinajstić information content (AvgIpc) is 2.66. The van der Waals surface area contributed by atoms with Crippen molar-refractivity contribution < 1.29 is 19.1 Å². The molecule has 0 aliphatic heterocycles. The van der Waals surface area contributed by atoms with E-state index in [2.05, 4.69) is 56.8 Å². The van der Waals surface area contributed by atoms with Crippen LogP contribution in [-0.4, -0.2) is 19.0 Å². The fourth-order valence-electron chi connectivity index (χ4n) is 3.61. The molecule has 1 amide bonds. The van der Waals surface area contributed by atoms with E-state index in [0.717, 1.165) is 6.42 Å². The highest BCUT2D eigenvalue weighted by Gasteiger charge is 2.27. The lowest BCUT2D eigenvalue weighted by molar-refractivity contribution is -0.112. The minimum absolute atomic E-state index is 0.0608. The predicted molar refractivity (Wildman–Crippen MR) is 120 cm³/mol. The predicted octanol–water partition coefficient (Wildman–Crippen LogP) is 5.72. The summed E-state index contributed by atoms with van der Waals surface area (Å²) in [5.41, 5.74) is 2.41. The number of amides is 1. The van der Waals surface area contributed by atoms with E-state index in [9.17, 15) is 9.59 Å². The Balaban J connectivity index is 1.94. The molecule has 0 aliphatic carbocycles. The SMILES string of the molecule is COC(=O)c1cccc(NC(=O)C=COc2ccc(C(C)(C)CC(C)(C)C)cc2)c1. The molecule has 0 bridgehead atoms. The summed E-state index contributed by atoms with van der Waals surface area (Å²) in [6.45, 7) is 11.2. The highest BCUT2D eigenvalue weighted by molar-refractivity contribution is 6.00. The fraction of sp³-hybridized carbons (Fsp3) is 0.360. The van der Waals surface area contributed by atoms with E-state index in [1.807, 2.05) is 12.1 Å². The molecule has 0 atom stereocenters. The van der Waals surface area contributed by atoms with Crippen molar-refractivity contribution in [1.82, 2.24) is 0 Å². The van der Waals surface area contributed by atoms with Gasteiger partial charge in [0.05, 0.1) is 18.9 Å². The van der Waals surface area contributed by atoms with Crippen LogP contribution in [0, 0.1) is 5.41 Å². The van der Waals surface area contributed by atoms with Crippen molar-refractivity contribution in [3.8, 4) is 5.75 Å². The van der Waals surface area contributed by atoms with Crippen LogP contribution in [0.3, 0.4) is 0 Å². The maximum atomic E-state index is 12.1. The third kappa shape index (κ3) is 7.07. The lowest BCUT2D eigenvalue weighted by Crippen LogP contribution is -2.24. The minimum Gasteiger partial charge on any atom is -0.465 e. The van der Waals surface area contributed by atoms with E-state index < -0.39 is 5.97 Å². The molecule has 0 spiro atoms. The van der Waals surface area contributed by atoms with Gasteiger partial charge in [-0.05, 0) is 53.1 Å². The smallest absolute Gasteiger partial charge is 0.337 e. The van der Waals surface area contributed by atoms with Gasteiger partial charge in [-0.3, -0.25) is 4.79 Å². The summed E-state index contributed by atoms with van der Waals surface area (Å²) in [6.07, 6.45) is 3.70. The minimum atomic E-state index is -0.459. The summed E-state index contributed by atoms with van der Waals surface area (Å²) in [4.78, 5) is 23.6. The van der Waals surface area contributed by atoms with E-state index in [4.69, 9.17) is 4.74 Å². The summed E-state index contributed by atoms with van der Waals surface area (Å²) in [6, 6.07) is 14.5. The van der Waals surface area contributed by atoms with E-state index in [1.165, 1.54) is 25.0 Å². The highest BCUT2D eigenvalue weighted by Crippen LogP contribution is 2.36. The number of methoxy groups -OCH3 is 1. The Morgan fingerprint density at radius 3 is 2.27 bits per heavy atom. The maximum Gasteiger partial charge on any atom is 0.337 e. The first-order valence-corrected chi connectivity index (χ1v) is 9.93. The molecule has 0 radical (unpaired) electrons. The zero-order valence-corrected chi connectivity index (χ0v) is 18.6. The van der Waals surface area contributed by atoms with Crippen molar-refractivity contribution in [2.45, 2.75) is 46.5 Å². The topological polar surface area (TPSA) is 64.6 Å². The first kappa shape index (κ1) is 23.2. The number of esters is 1. The van der Waals surface area contributed by atoms with Crippen LogP contribution in [-0.2, 0) is 14.9 Å². The molecule has 0 heterocycles. The average molecular weight is 410 g/mol. The number of rotatable bonds is 7. The molecule has 0 aliphatic rings. The molecule has 2 aromatic carbocycles. The first-order valence-electron chi connectivity index (χ1n) is 9.93. The van der Waals surface area contributed by atoms with Gasteiger partial charge in [0.15, 0.2) is 0 Å². The summed E-state index contributed by atoms with van der Waals surface area (Å²) < 4.78 is 10.2. The number of hydrogen-bond donors (Lipinski definition) is 1. The van der Waals surface area contributed by atoms with Gasteiger partial charge in [-0.2, -0.15) is 0 Å². The number of benzene rings is 2. The van der Waals surface area contributed by atoms with Gasteiger partial charge < -0.3 is 14.8 Å². The van der Waals surface area contributed by atoms with Crippen LogP contribution in [0.15, 0.2) is 60.9 Å². The van der Waals surface area contributed by atoms with Gasteiger partial charge >= 0.3 is 5.97 Å².